The van der Waals surface area contributed by atoms with Gasteiger partial charge in [0.1, 0.15) is 11.2 Å². The van der Waals surface area contributed by atoms with Crippen molar-refractivity contribution in [2.24, 2.45) is 59.2 Å². The molecule has 10 saturated carbocycles. The van der Waals surface area contributed by atoms with Crippen molar-refractivity contribution in [3.8, 4) is 0 Å². The molecule has 16 nitrogen and oxygen atoms in total. The Hall–Kier alpha value is -2.76. The topological polar surface area (TPSA) is 173 Å². The van der Waals surface area contributed by atoms with Crippen molar-refractivity contribution in [2.75, 3.05) is 39.3 Å². The Morgan fingerprint density at radius 3 is 1.10 bits per heavy atom. The summed E-state index contributed by atoms with van der Waals surface area (Å²) < 4.78 is 25.3. The van der Waals surface area contributed by atoms with Crippen LogP contribution in [0, 0.1) is 59.2 Å². The predicted molar refractivity (Wildman–Crippen MR) is 269 cm³/mol. The van der Waals surface area contributed by atoms with Crippen molar-refractivity contribution in [2.45, 2.75) is 236 Å². The van der Waals surface area contributed by atoms with Crippen molar-refractivity contribution in [3.05, 3.63) is 0 Å². The number of unbranched alkanes of at least 4 members (excludes halogenated alkanes) is 4. The van der Waals surface area contributed by atoms with Gasteiger partial charge in [-0.3, -0.25) is 9.59 Å². The monoisotopic (exact) mass is 1020 g/mol. The minimum absolute atomic E-state index is 0.0537. The van der Waals surface area contributed by atoms with E-state index >= 15 is 0 Å². The Morgan fingerprint density at radius 1 is 0.452 bits per heavy atom. The van der Waals surface area contributed by atoms with Gasteiger partial charge in [0.25, 0.3) is 0 Å². The quantitative estimate of drug-likeness (QED) is 0.0984. The number of nitrogens with zero attached hydrogens (tertiary/aromatic N) is 2. The Labute approximate surface area is 435 Å². The molecule has 4 spiro atoms. The van der Waals surface area contributed by atoms with Gasteiger partial charge in [-0.15, -0.1) is 0 Å². The first-order chi connectivity index (χ1) is 34.8. The molecule has 0 atom stereocenters. The molecule has 2 saturated heterocycles. The van der Waals surface area contributed by atoms with Crippen LogP contribution in [0.25, 0.3) is 0 Å². The highest BCUT2D eigenvalue weighted by atomic mass is 17.3. The maximum Gasteiger partial charge on any atom is 0.410 e. The van der Waals surface area contributed by atoms with Gasteiger partial charge in [-0.25, -0.2) is 9.59 Å². The molecule has 4 amide bonds. The third kappa shape index (κ3) is 12.0. The minimum Gasteiger partial charge on any atom is -0.444 e. The summed E-state index contributed by atoms with van der Waals surface area (Å²) in [5.41, 5.74) is -1.23. The van der Waals surface area contributed by atoms with Gasteiger partial charge in [0, 0.05) is 100 Å². The number of ether oxygens (including phenoxy) is 4. The minimum atomic E-state index is -0.737. The highest BCUT2D eigenvalue weighted by molar-refractivity contribution is 5.79. The third-order valence-electron chi connectivity index (χ3n) is 19.1. The van der Waals surface area contributed by atoms with E-state index in [1.165, 1.54) is 64.2 Å². The number of carbonyl (C=O) groups excluding carboxylic acids is 4. The molecule has 0 aromatic carbocycles. The molecular weight excluding hydrogens is 933 g/mol. The number of amides is 4. The van der Waals surface area contributed by atoms with Crippen LogP contribution in [-0.4, -0.2) is 107 Å². The number of carbonyl (C=O) groups is 4. The second-order valence-corrected chi connectivity index (χ2v) is 27.0. The van der Waals surface area contributed by atoms with Gasteiger partial charge in [-0.2, -0.15) is 19.6 Å². The maximum absolute atomic E-state index is 13.4. The predicted octanol–water partition coefficient (Wildman–Crippen LogP) is 10.5. The first kappa shape index (κ1) is 53.6. The third-order valence-corrected chi connectivity index (χ3v) is 19.1. The highest BCUT2D eigenvalue weighted by Crippen LogP contribution is 2.65. The van der Waals surface area contributed by atoms with Crippen molar-refractivity contribution < 1.29 is 57.7 Å². The summed E-state index contributed by atoms with van der Waals surface area (Å²) in [5, 5.41) is 6.30. The Kier molecular flexibility index (Phi) is 15.9. The average molecular weight is 1030 g/mol. The molecule has 73 heavy (non-hydrogen) atoms. The van der Waals surface area contributed by atoms with Gasteiger partial charge in [-0.1, -0.05) is 19.3 Å². The lowest BCUT2D eigenvalue weighted by Crippen LogP contribution is -2.59. The number of hydrogen-bond acceptors (Lipinski definition) is 12. The van der Waals surface area contributed by atoms with Crippen molar-refractivity contribution in [1.29, 1.82) is 0 Å². The molecule has 12 rings (SSSR count). The fraction of sp³-hybridized carbons (Fsp3) is 0.930. The smallest absolute Gasteiger partial charge is 0.410 e. The molecule has 2 aliphatic heterocycles. The summed E-state index contributed by atoms with van der Waals surface area (Å²) in [7, 11) is 0. The molecule has 10 aliphatic carbocycles. The van der Waals surface area contributed by atoms with Gasteiger partial charge in [0.15, 0.2) is 0 Å². The summed E-state index contributed by atoms with van der Waals surface area (Å²) in [6, 6.07) is 0. The summed E-state index contributed by atoms with van der Waals surface area (Å²) in [4.78, 5) is 81.5. The zero-order valence-corrected chi connectivity index (χ0v) is 45.5. The SMILES string of the molecule is CC(C)(C)OC(=O)N(CCCCCCCN(CCCNC(=O)C1CCC2(CC1)OOC1(O2)C2CC3CC(C2)CC1C3)C(=O)OC(C)(C)C)CCCNC(=O)C1CCC2(CC1)OOC1(O2)C2CC3CC(C2)CC1C3. The van der Waals surface area contributed by atoms with Crippen LogP contribution in [-0.2, 0) is 48.1 Å². The summed E-state index contributed by atoms with van der Waals surface area (Å²) in [6.07, 6.45) is 22.6. The van der Waals surface area contributed by atoms with E-state index in [2.05, 4.69) is 10.6 Å². The van der Waals surface area contributed by atoms with E-state index in [1.54, 1.807) is 9.80 Å². The van der Waals surface area contributed by atoms with Gasteiger partial charge in [-0.05, 0) is 181 Å². The van der Waals surface area contributed by atoms with Gasteiger partial charge >= 0.3 is 12.2 Å². The normalized spacial score (nSPS) is 38.9. The summed E-state index contributed by atoms with van der Waals surface area (Å²) in [5.74, 6) is 2.20. The molecule has 8 bridgehead atoms. The molecule has 16 heteroatoms. The number of hydrogen-bond donors (Lipinski definition) is 2. The Morgan fingerprint density at radius 2 is 0.767 bits per heavy atom. The van der Waals surface area contributed by atoms with Crippen LogP contribution >= 0.6 is 0 Å². The van der Waals surface area contributed by atoms with Gasteiger partial charge < -0.3 is 39.4 Å². The van der Waals surface area contributed by atoms with Crippen LogP contribution in [0.1, 0.15) is 202 Å². The lowest BCUT2D eigenvalue weighted by molar-refractivity contribution is -0.390. The van der Waals surface area contributed by atoms with Crippen LogP contribution < -0.4 is 10.6 Å². The number of rotatable bonds is 18. The van der Waals surface area contributed by atoms with Crippen molar-refractivity contribution >= 4 is 24.0 Å². The molecule has 2 N–H and O–H groups in total. The van der Waals surface area contributed by atoms with Crippen LogP contribution in [0.3, 0.4) is 0 Å². The maximum atomic E-state index is 13.4. The fourth-order valence-electron chi connectivity index (χ4n) is 15.9. The molecular formula is C57H92N4O12. The van der Waals surface area contributed by atoms with Crippen LogP contribution in [0.5, 0.6) is 0 Å². The second-order valence-electron chi connectivity index (χ2n) is 27.0. The van der Waals surface area contributed by atoms with E-state index in [0.717, 1.165) is 55.8 Å². The zero-order valence-electron chi connectivity index (χ0n) is 45.5. The first-order valence-electron chi connectivity index (χ1n) is 29.5. The highest BCUT2D eigenvalue weighted by Gasteiger charge is 2.68. The Balaban J connectivity index is 0.602. The molecule has 0 unspecified atom stereocenters. The van der Waals surface area contributed by atoms with E-state index < -0.39 is 34.4 Å². The zero-order chi connectivity index (χ0) is 51.2. The van der Waals surface area contributed by atoms with Crippen molar-refractivity contribution in [3.63, 3.8) is 0 Å². The lowest BCUT2D eigenvalue weighted by Gasteiger charge is -2.57. The largest absolute Gasteiger partial charge is 0.444 e. The second kappa shape index (κ2) is 21.6. The molecule has 0 radical (unpaired) electrons. The summed E-state index contributed by atoms with van der Waals surface area (Å²) in [6.45, 7) is 14.3. The Bertz CT molecular complexity index is 1760. The fourth-order valence-corrected chi connectivity index (χ4v) is 15.9. The molecule has 12 aliphatic rings. The molecule has 0 aromatic heterocycles. The van der Waals surface area contributed by atoms with E-state index in [-0.39, 0.29) is 35.8 Å². The average Bonchev–Trinajstić information content (AvgIpc) is 3.89. The van der Waals surface area contributed by atoms with Crippen LogP contribution in [0.15, 0.2) is 0 Å². The lowest BCUT2D eigenvalue weighted by atomic mass is 9.53. The molecule has 0 aromatic rings. The molecule has 412 valence electrons. The molecule has 2 heterocycles. The van der Waals surface area contributed by atoms with Crippen LogP contribution in [0.2, 0.25) is 0 Å². The van der Waals surface area contributed by atoms with E-state index in [4.69, 9.17) is 38.5 Å². The standard InChI is InChI=1S/C57H92N4O12/c1-52(2,3)66-50(64)60(26-12-22-58-48(62)42-14-18-54(19-15-42)68-56(72-70-54)44-30-38-28-39(32-44)33-45(56)31-38)24-10-8-7-9-11-25-61(51(65)67-53(4,5)6)27-13-23-59-49(63)43-16-20-55(21-17-43)69-57(73-71-55)46-34-40-29-41(36-46)37-47(57)35-40/h38-47H,7-37H2,1-6H3,(H,58,62)(H,59,63). The number of nitrogens with one attached hydrogen (secondary N) is 2. The van der Waals surface area contributed by atoms with E-state index in [0.29, 0.717) is 127 Å². The van der Waals surface area contributed by atoms with E-state index in [1.807, 2.05) is 41.5 Å². The van der Waals surface area contributed by atoms with Crippen molar-refractivity contribution in [1.82, 2.24) is 20.4 Å². The van der Waals surface area contributed by atoms with Crippen LogP contribution in [0.4, 0.5) is 9.59 Å². The first-order valence-corrected chi connectivity index (χ1v) is 29.5. The van der Waals surface area contributed by atoms with E-state index in [9.17, 15) is 19.2 Å². The van der Waals surface area contributed by atoms with Gasteiger partial charge in [0.2, 0.25) is 35.0 Å². The van der Waals surface area contributed by atoms with Gasteiger partial charge in [0.05, 0.1) is 0 Å². The summed E-state index contributed by atoms with van der Waals surface area (Å²) >= 11 is 0. The molecule has 12 fully saturated rings.